The van der Waals surface area contributed by atoms with Gasteiger partial charge in [-0.2, -0.15) is 5.26 Å². The molecule has 0 saturated heterocycles. The lowest BCUT2D eigenvalue weighted by Gasteiger charge is -2.05. The number of nitrogens with one attached hydrogen (secondary N) is 1. The second kappa shape index (κ2) is 6.59. The van der Waals surface area contributed by atoms with Crippen molar-refractivity contribution in [2.75, 3.05) is 5.32 Å². The van der Waals surface area contributed by atoms with Crippen LogP contribution < -0.4 is 5.32 Å². The molecule has 0 bridgehead atoms. The number of hydrogen-bond donors (Lipinski definition) is 1. The average molecular weight is 352 g/mol. The van der Waals surface area contributed by atoms with Crippen molar-refractivity contribution in [3.63, 3.8) is 0 Å². The lowest BCUT2D eigenvalue weighted by molar-refractivity contribution is 0.102. The summed E-state index contributed by atoms with van der Waals surface area (Å²) in [4.78, 5) is 16.0. The number of nitrogens with zero attached hydrogens (tertiary/aromatic N) is 3. The molecule has 0 unspecified atom stereocenters. The molecule has 0 aliphatic rings. The van der Waals surface area contributed by atoms with Crippen LogP contribution in [0.15, 0.2) is 72.0 Å². The van der Waals surface area contributed by atoms with Gasteiger partial charge in [0, 0.05) is 18.6 Å². The van der Waals surface area contributed by atoms with E-state index in [1.165, 1.54) is 48.9 Å². The van der Waals surface area contributed by atoms with E-state index in [1.807, 2.05) is 6.07 Å². The topological polar surface area (TPSA) is 105 Å². The molecule has 3 rings (SSSR count). The molecule has 1 N–H and O–H groups in total. The number of anilines is 1. The molecular weight excluding hydrogens is 340 g/mol. The molecule has 3 aromatic rings. The van der Waals surface area contributed by atoms with Gasteiger partial charge < -0.3 is 5.32 Å². The molecular formula is C17H12N4O3S. The number of nitriles is 1. The van der Waals surface area contributed by atoms with E-state index in [9.17, 15) is 13.2 Å². The van der Waals surface area contributed by atoms with E-state index in [0.717, 1.165) is 3.97 Å². The van der Waals surface area contributed by atoms with Crippen molar-refractivity contribution in [1.29, 1.82) is 5.26 Å². The molecule has 1 aromatic carbocycles. The van der Waals surface area contributed by atoms with Crippen LogP contribution in [0.1, 0.15) is 16.1 Å². The second-order valence-corrected chi connectivity index (χ2v) is 6.88. The molecule has 0 atom stereocenters. The maximum absolute atomic E-state index is 12.6. The Morgan fingerprint density at radius 2 is 1.88 bits per heavy atom. The zero-order valence-electron chi connectivity index (χ0n) is 12.8. The van der Waals surface area contributed by atoms with Crippen LogP contribution in [0.25, 0.3) is 0 Å². The molecule has 0 aliphatic carbocycles. The minimum Gasteiger partial charge on any atom is -0.319 e. The van der Waals surface area contributed by atoms with Gasteiger partial charge in [0.1, 0.15) is 5.69 Å². The van der Waals surface area contributed by atoms with Crippen LogP contribution in [-0.2, 0) is 10.0 Å². The molecule has 0 spiro atoms. The zero-order chi connectivity index (χ0) is 17.9. The summed E-state index contributed by atoms with van der Waals surface area (Å²) in [5.74, 6) is -0.436. The van der Waals surface area contributed by atoms with Crippen LogP contribution in [0.3, 0.4) is 0 Å². The van der Waals surface area contributed by atoms with Gasteiger partial charge in [-0.25, -0.2) is 12.4 Å². The highest BCUT2D eigenvalue weighted by Gasteiger charge is 2.17. The first-order valence-electron chi connectivity index (χ1n) is 7.17. The van der Waals surface area contributed by atoms with Gasteiger partial charge in [-0.1, -0.05) is 6.07 Å². The molecule has 0 radical (unpaired) electrons. The fraction of sp³-hybridized carbons (Fsp3) is 0. The van der Waals surface area contributed by atoms with Gasteiger partial charge in [0.15, 0.2) is 0 Å². The molecule has 1 amide bonds. The monoisotopic (exact) mass is 352 g/mol. The van der Waals surface area contributed by atoms with E-state index in [1.54, 1.807) is 18.2 Å². The van der Waals surface area contributed by atoms with Gasteiger partial charge in [0.05, 0.1) is 22.2 Å². The minimum atomic E-state index is -3.80. The third kappa shape index (κ3) is 3.41. The van der Waals surface area contributed by atoms with Gasteiger partial charge in [0.25, 0.3) is 15.9 Å². The Morgan fingerprint density at radius 3 is 2.52 bits per heavy atom. The lowest BCUT2D eigenvalue weighted by Crippen LogP contribution is -2.14. The highest BCUT2D eigenvalue weighted by Crippen LogP contribution is 2.18. The minimum absolute atomic E-state index is 0.0460. The number of aromatic nitrogens is 2. The number of pyridine rings is 1. The highest BCUT2D eigenvalue weighted by atomic mass is 32.2. The van der Waals surface area contributed by atoms with E-state index in [4.69, 9.17) is 5.26 Å². The van der Waals surface area contributed by atoms with Gasteiger partial charge in [-0.05, 0) is 42.5 Å². The Bertz CT molecular complexity index is 1050. The van der Waals surface area contributed by atoms with Crippen LogP contribution in [-0.4, -0.2) is 23.3 Å². The average Bonchev–Trinajstić information content (AvgIpc) is 3.12. The Hall–Kier alpha value is -3.44. The molecule has 2 aromatic heterocycles. The van der Waals surface area contributed by atoms with Gasteiger partial charge in [-0.3, -0.25) is 9.78 Å². The predicted octanol–water partition coefficient (Wildman–Crippen LogP) is 2.24. The number of benzene rings is 1. The van der Waals surface area contributed by atoms with E-state index in [-0.39, 0.29) is 10.6 Å². The normalized spacial score (nSPS) is 10.8. The van der Waals surface area contributed by atoms with E-state index < -0.39 is 15.9 Å². The molecule has 0 aliphatic heterocycles. The number of amides is 1. The number of carbonyl (C=O) groups is 1. The molecule has 124 valence electrons. The van der Waals surface area contributed by atoms with Crippen molar-refractivity contribution in [3.8, 4) is 6.07 Å². The molecule has 0 fully saturated rings. The summed E-state index contributed by atoms with van der Waals surface area (Å²) in [5.41, 5.74) is 0.924. The maximum Gasteiger partial charge on any atom is 0.274 e. The Kier molecular flexibility index (Phi) is 4.33. The van der Waals surface area contributed by atoms with Gasteiger partial charge in [-0.15, -0.1) is 0 Å². The molecule has 25 heavy (non-hydrogen) atoms. The quantitative estimate of drug-likeness (QED) is 0.775. The number of rotatable bonds is 4. The van der Waals surface area contributed by atoms with Crippen molar-refractivity contribution in [2.24, 2.45) is 0 Å². The number of hydrogen-bond acceptors (Lipinski definition) is 5. The van der Waals surface area contributed by atoms with Crippen molar-refractivity contribution >= 4 is 21.6 Å². The summed E-state index contributed by atoms with van der Waals surface area (Å²) in [6.45, 7) is 0. The van der Waals surface area contributed by atoms with Crippen LogP contribution in [0.2, 0.25) is 0 Å². The molecule has 7 nitrogen and oxygen atoms in total. The first-order valence-corrected chi connectivity index (χ1v) is 8.61. The number of carbonyl (C=O) groups excluding carboxylic acids is 1. The van der Waals surface area contributed by atoms with Crippen LogP contribution in [0.5, 0.6) is 0 Å². The Balaban J connectivity index is 1.82. The largest absolute Gasteiger partial charge is 0.319 e. The summed E-state index contributed by atoms with van der Waals surface area (Å²) < 4.78 is 26.1. The summed E-state index contributed by atoms with van der Waals surface area (Å²) in [7, 11) is -3.80. The van der Waals surface area contributed by atoms with Crippen molar-refractivity contribution < 1.29 is 13.2 Å². The second-order valence-electron chi connectivity index (χ2n) is 5.04. The predicted molar refractivity (Wildman–Crippen MR) is 90.4 cm³/mol. The fourth-order valence-corrected chi connectivity index (χ4v) is 3.31. The fourth-order valence-electron chi connectivity index (χ4n) is 2.12. The third-order valence-electron chi connectivity index (χ3n) is 3.38. The summed E-state index contributed by atoms with van der Waals surface area (Å²) in [5, 5.41) is 11.4. The molecule has 8 heteroatoms. The standard InChI is InChI=1S/C17H12N4O3S/c18-11-13-4-6-15(7-5-13)25(23,24)21-10-8-14(12-21)20-17(22)16-3-1-2-9-19-16/h1-10,12H,(H,20,22). The van der Waals surface area contributed by atoms with Gasteiger partial charge >= 0.3 is 0 Å². The first-order chi connectivity index (χ1) is 12.0. The highest BCUT2D eigenvalue weighted by molar-refractivity contribution is 7.90. The summed E-state index contributed by atoms with van der Waals surface area (Å²) >= 11 is 0. The van der Waals surface area contributed by atoms with E-state index >= 15 is 0 Å². The van der Waals surface area contributed by atoms with E-state index in [0.29, 0.717) is 11.3 Å². The summed E-state index contributed by atoms with van der Waals surface area (Å²) in [6.07, 6.45) is 4.13. The SMILES string of the molecule is N#Cc1ccc(S(=O)(=O)n2ccc(NC(=O)c3ccccn3)c2)cc1. The zero-order valence-corrected chi connectivity index (χ0v) is 13.6. The van der Waals surface area contributed by atoms with Crippen molar-refractivity contribution in [3.05, 3.63) is 78.4 Å². The Labute approximate surface area is 144 Å². The van der Waals surface area contributed by atoms with Crippen molar-refractivity contribution in [2.45, 2.75) is 4.90 Å². The summed E-state index contributed by atoms with van der Waals surface area (Å²) in [6, 6.07) is 13.9. The molecule has 0 saturated carbocycles. The van der Waals surface area contributed by atoms with E-state index in [2.05, 4.69) is 10.3 Å². The van der Waals surface area contributed by atoms with Crippen molar-refractivity contribution in [1.82, 2.24) is 8.96 Å². The van der Waals surface area contributed by atoms with Crippen LogP contribution in [0, 0.1) is 11.3 Å². The van der Waals surface area contributed by atoms with Crippen LogP contribution in [0.4, 0.5) is 5.69 Å². The lowest BCUT2D eigenvalue weighted by atomic mass is 10.2. The maximum atomic E-state index is 12.6. The third-order valence-corrected chi connectivity index (χ3v) is 5.03. The Morgan fingerprint density at radius 1 is 1.12 bits per heavy atom. The van der Waals surface area contributed by atoms with Gasteiger partial charge in [0.2, 0.25) is 0 Å². The molecule has 2 heterocycles. The van der Waals surface area contributed by atoms with Crippen LogP contribution >= 0.6 is 0 Å². The first kappa shape index (κ1) is 16.4. The smallest absolute Gasteiger partial charge is 0.274 e.